The van der Waals surface area contributed by atoms with Crippen LogP contribution in [0.25, 0.3) is 5.65 Å². The first-order valence-corrected chi connectivity index (χ1v) is 4.69. The van der Waals surface area contributed by atoms with Gasteiger partial charge in [-0.1, -0.05) is 0 Å². The van der Waals surface area contributed by atoms with Gasteiger partial charge in [0.1, 0.15) is 0 Å². The van der Waals surface area contributed by atoms with E-state index in [1.165, 1.54) is 11.6 Å². The molecule has 0 spiro atoms. The van der Waals surface area contributed by atoms with E-state index in [0.29, 0.717) is 5.65 Å². The van der Waals surface area contributed by atoms with Gasteiger partial charge in [0, 0.05) is 11.4 Å². The van der Waals surface area contributed by atoms with E-state index in [-0.39, 0.29) is 11.4 Å². The molecule has 0 saturated carbocycles. The third-order valence-corrected chi connectivity index (χ3v) is 2.27. The van der Waals surface area contributed by atoms with E-state index in [2.05, 4.69) is 10.1 Å². The Morgan fingerprint density at radius 3 is 2.75 bits per heavy atom. The number of hydrogen-bond donors (Lipinski definition) is 1. The molecule has 0 bridgehead atoms. The third kappa shape index (κ3) is 1.39. The van der Waals surface area contributed by atoms with Crippen LogP contribution in [-0.4, -0.2) is 32.8 Å². The zero-order chi connectivity index (χ0) is 11.9. The second kappa shape index (κ2) is 3.48. The minimum Gasteiger partial charge on any atom is -0.479 e. The fraction of sp³-hybridized carbons (Fsp3) is 0.300. The van der Waals surface area contributed by atoms with Crippen LogP contribution in [0.1, 0.15) is 21.7 Å². The molecule has 1 N–H and O–H groups in total. The topological polar surface area (TPSA) is 76.7 Å². The molecule has 84 valence electrons. The first-order chi connectivity index (χ1) is 7.54. The zero-order valence-corrected chi connectivity index (χ0v) is 9.18. The molecule has 2 aromatic rings. The molecular formula is C10H11N3O3. The van der Waals surface area contributed by atoms with Gasteiger partial charge in [0.05, 0.1) is 7.11 Å². The molecule has 2 heterocycles. The second-order valence-electron chi connectivity index (χ2n) is 3.46. The predicted molar refractivity (Wildman–Crippen MR) is 56.0 cm³/mol. The molecule has 16 heavy (non-hydrogen) atoms. The van der Waals surface area contributed by atoms with E-state index in [1.807, 2.05) is 13.0 Å². The van der Waals surface area contributed by atoms with Gasteiger partial charge < -0.3 is 9.84 Å². The maximum Gasteiger partial charge on any atom is 0.345 e. The molecule has 0 radical (unpaired) electrons. The van der Waals surface area contributed by atoms with E-state index >= 15 is 0 Å². The summed E-state index contributed by atoms with van der Waals surface area (Å²) in [6.45, 7) is 3.64. The lowest BCUT2D eigenvalue weighted by Crippen LogP contribution is -2.01. The molecule has 0 aromatic carbocycles. The monoisotopic (exact) mass is 221 g/mol. The summed E-state index contributed by atoms with van der Waals surface area (Å²) in [5.74, 6) is -1.02. The van der Waals surface area contributed by atoms with Crippen molar-refractivity contribution in [3.8, 4) is 5.88 Å². The number of nitrogens with zero attached hydrogens (tertiary/aromatic N) is 3. The highest BCUT2D eigenvalue weighted by atomic mass is 16.5. The van der Waals surface area contributed by atoms with Gasteiger partial charge in [-0.3, -0.25) is 0 Å². The lowest BCUT2D eigenvalue weighted by atomic mass is 10.3. The Morgan fingerprint density at radius 1 is 1.50 bits per heavy atom. The summed E-state index contributed by atoms with van der Waals surface area (Å²) in [5.41, 5.74) is 1.86. The Hall–Kier alpha value is -2.11. The van der Waals surface area contributed by atoms with Gasteiger partial charge >= 0.3 is 5.97 Å². The Labute approximate surface area is 91.5 Å². The van der Waals surface area contributed by atoms with Crippen LogP contribution in [0, 0.1) is 13.8 Å². The van der Waals surface area contributed by atoms with Gasteiger partial charge in [-0.15, -0.1) is 5.10 Å². The number of ether oxygens (including phenoxy) is 1. The van der Waals surface area contributed by atoms with Crippen molar-refractivity contribution in [2.75, 3.05) is 7.11 Å². The quantitative estimate of drug-likeness (QED) is 0.820. The second-order valence-corrected chi connectivity index (χ2v) is 3.46. The normalized spacial score (nSPS) is 10.7. The molecule has 2 rings (SSSR count). The number of aromatic carboxylic acids is 1. The highest BCUT2D eigenvalue weighted by Crippen LogP contribution is 2.22. The van der Waals surface area contributed by atoms with Crippen LogP contribution < -0.4 is 4.74 Å². The summed E-state index contributed by atoms with van der Waals surface area (Å²) in [5, 5.41) is 13.1. The van der Waals surface area contributed by atoms with Crippen molar-refractivity contribution in [2.24, 2.45) is 0 Å². The lowest BCUT2D eigenvalue weighted by molar-refractivity contribution is 0.0695. The molecule has 0 aliphatic rings. The number of hydrogen-bond acceptors (Lipinski definition) is 4. The van der Waals surface area contributed by atoms with Crippen molar-refractivity contribution in [1.82, 2.24) is 14.6 Å². The van der Waals surface area contributed by atoms with E-state index in [0.717, 1.165) is 11.4 Å². The number of methoxy groups -OCH3 is 1. The van der Waals surface area contributed by atoms with Gasteiger partial charge in [-0.25, -0.2) is 14.3 Å². The van der Waals surface area contributed by atoms with Crippen molar-refractivity contribution in [3.05, 3.63) is 23.0 Å². The number of rotatable bonds is 2. The van der Waals surface area contributed by atoms with Crippen LogP contribution in [0.2, 0.25) is 0 Å². The van der Waals surface area contributed by atoms with Crippen LogP contribution in [0.4, 0.5) is 0 Å². The molecule has 0 atom stereocenters. The SMILES string of the molecule is COc1nn2c(C)cc(C)nc2c1C(=O)O. The maximum absolute atomic E-state index is 11.1. The Bertz CT molecular complexity index is 574. The molecule has 0 fully saturated rings. The van der Waals surface area contributed by atoms with Crippen LogP contribution >= 0.6 is 0 Å². The summed E-state index contributed by atoms with van der Waals surface area (Å²) in [4.78, 5) is 15.3. The van der Waals surface area contributed by atoms with E-state index in [1.54, 1.807) is 6.92 Å². The number of carboxylic acid groups (broad SMARTS) is 1. The molecule has 0 unspecified atom stereocenters. The molecule has 0 aliphatic heterocycles. The minimum absolute atomic E-state index is 0.00528. The van der Waals surface area contributed by atoms with Gasteiger partial charge in [0.15, 0.2) is 11.2 Å². The average Bonchev–Trinajstić information content (AvgIpc) is 2.56. The van der Waals surface area contributed by atoms with Crippen LogP contribution in [0.5, 0.6) is 5.88 Å². The van der Waals surface area contributed by atoms with Gasteiger partial charge in [-0.2, -0.15) is 0 Å². The lowest BCUT2D eigenvalue weighted by Gasteiger charge is -1.99. The minimum atomic E-state index is -1.09. The smallest absolute Gasteiger partial charge is 0.345 e. The van der Waals surface area contributed by atoms with Crippen molar-refractivity contribution in [3.63, 3.8) is 0 Å². The summed E-state index contributed by atoms with van der Waals surface area (Å²) in [6, 6.07) is 1.82. The van der Waals surface area contributed by atoms with Crippen molar-refractivity contribution < 1.29 is 14.6 Å². The largest absolute Gasteiger partial charge is 0.479 e. The zero-order valence-electron chi connectivity index (χ0n) is 9.18. The molecule has 0 amide bonds. The van der Waals surface area contributed by atoms with Crippen LogP contribution in [-0.2, 0) is 0 Å². The number of aryl methyl sites for hydroxylation is 2. The van der Waals surface area contributed by atoms with Crippen LogP contribution in [0.15, 0.2) is 6.07 Å². The standard InChI is InChI=1S/C10H11N3O3/c1-5-4-6(2)13-8(11-5)7(10(14)15)9(12-13)16-3/h4H,1-3H3,(H,14,15). The number of aromatic nitrogens is 3. The summed E-state index contributed by atoms with van der Waals surface area (Å²) >= 11 is 0. The average molecular weight is 221 g/mol. The fourth-order valence-electron chi connectivity index (χ4n) is 1.63. The van der Waals surface area contributed by atoms with E-state index < -0.39 is 5.97 Å². The summed E-state index contributed by atoms with van der Waals surface area (Å²) in [7, 11) is 1.39. The number of carboxylic acids is 1. The highest BCUT2D eigenvalue weighted by molar-refractivity contribution is 5.97. The fourth-order valence-corrected chi connectivity index (χ4v) is 1.63. The molecule has 6 heteroatoms. The van der Waals surface area contributed by atoms with E-state index in [9.17, 15) is 4.79 Å². The highest BCUT2D eigenvalue weighted by Gasteiger charge is 2.22. The molecule has 6 nitrogen and oxygen atoms in total. The van der Waals surface area contributed by atoms with Gasteiger partial charge in [0.25, 0.3) is 0 Å². The van der Waals surface area contributed by atoms with Gasteiger partial charge in [-0.05, 0) is 19.9 Å². The van der Waals surface area contributed by atoms with E-state index in [4.69, 9.17) is 9.84 Å². The molecule has 0 saturated heterocycles. The van der Waals surface area contributed by atoms with Gasteiger partial charge in [0.2, 0.25) is 5.88 Å². The Balaban J connectivity index is 2.89. The van der Waals surface area contributed by atoms with Crippen molar-refractivity contribution in [2.45, 2.75) is 13.8 Å². The van der Waals surface area contributed by atoms with Crippen molar-refractivity contribution in [1.29, 1.82) is 0 Å². The van der Waals surface area contributed by atoms with Crippen molar-refractivity contribution >= 4 is 11.6 Å². The maximum atomic E-state index is 11.1. The number of fused-ring (bicyclic) bond motifs is 1. The van der Waals surface area contributed by atoms with Crippen LogP contribution in [0.3, 0.4) is 0 Å². The molecular weight excluding hydrogens is 210 g/mol. The first-order valence-electron chi connectivity index (χ1n) is 4.69. The molecule has 2 aromatic heterocycles. The third-order valence-electron chi connectivity index (χ3n) is 2.27. The first kappa shape index (κ1) is 10.4. The summed E-state index contributed by atoms with van der Waals surface area (Å²) < 4.78 is 6.40. The Morgan fingerprint density at radius 2 is 2.19 bits per heavy atom. The molecule has 0 aliphatic carbocycles. The number of carbonyl (C=O) groups is 1. The Kier molecular flexibility index (Phi) is 2.26. The summed E-state index contributed by atoms with van der Waals surface area (Å²) in [6.07, 6.45) is 0. The predicted octanol–water partition coefficient (Wildman–Crippen LogP) is 1.05.